The molecule has 0 atom stereocenters. The van der Waals surface area contributed by atoms with Gasteiger partial charge in [0.05, 0.1) is 18.6 Å². The Kier molecular flexibility index (Phi) is 6.77. The minimum Gasteiger partial charge on any atom is -0.467 e. The van der Waals surface area contributed by atoms with E-state index < -0.39 is 0 Å². The predicted molar refractivity (Wildman–Crippen MR) is 105 cm³/mol. The third kappa shape index (κ3) is 5.80. The van der Waals surface area contributed by atoms with Crippen molar-refractivity contribution in [2.45, 2.75) is 18.7 Å². The van der Waals surface area contributed by atoms with Gasteiger partial charge in [0.15, 0.2) is 0 Å². The monoisotopic (exact) mass is 371 g/mol. The highest BCUT2D eigenvalue weighted by atomic mass is 32.2. The number of thiophene rings is 1. The van der Waals surface area contributed by atoms with Crippen LogP contribution in [0.5, 0.6) is 0 Å². The third-order valence-electron chi connectivity index (χ3n) is 3.82. The summed E-state index contributed by atoms with van der Waals surface area (Å²) in [5, 5.41) is 2.07. The summed E-state index contributed by atoms with van der Waals surface area (Å²) < 4.78 is 5.43. The molecule has 1 aromatic carbocycles. The van der Waals surface area contributed by atoms with E-state index in [1.54, 1.807) is 29.4 Å². The Morgan fingerprint density at radius 3 is 2.68 bits per heavy atom. The van der Waals surface area contributed by atoms with Crippen LogP contribution in [0.25, 0.3) is 0 Å². The van der Waals surface area contributed by atoms with Crippen LogP contribution in [0, 0.1) is 0 Å². The lowest BCUT2D eigenvalue weighted by Crippen LogP contribution is -2.33. The van der Waals surface area contributed by atoms with E-state index in [1.165, 1.54) is 10.4 Å². The van der Waals surface area contributed by atoms with Crippen LogP contribution in [-0.2, 0) is 23.5 Å². The molecule has 25 heavy (non-hydrogen) atoms. The summed E-state index contributed by atoms with van der Waals surface area (Å²) in [4.78, 5) is 15.9. The number of carbonyl (C=O) groups is 1. The van der Waals surface area contributed by atoms with Crippen LogP contribution in [0.2, 0.25) is 0 Å². The Morgan fingerprint density at radius 1 is 1.08 bits per heavy atom. The van der Waals surface area contributed by atoms with E-state index >= 15 is 0 Å². The molecule has 130 valence electrons. The number of hydrogen-bond acceptors (Lipinski definition) is 4. The zero-order chi connectivity index (χ0) is 17.3. The number of furan rings is 1. The molecule has 3 nitrogen and oxygen atoms in total. The van der Waals surface area contributed by atoms with Gasteiger partial charge < -0.3 is 9.32 Å². The van der Waals surface area contributed by atoms with Crippen molar-refractivity contribution in [2.24, 2.45) is 0 Å². The van der Waals surface area contributed by atoms with Gasteiger partial charge in [-0.1, -0.05) is 36.4 Å². The Balaban J connectivity index is 1.54. The summed E-state index contributed by atoms with van der Waals surface area (Å²) in [5.74, 6) is 2.33. The van der Waals surface area contributed by atoms with Gasteiger partial charge in [-0.2, -0.15) is 0 Å². The number of carbonyl (C=O) groups excluding carboxylic acids is 1. The van der Waals surface area contributed by atoms with E-state index in [0.29, 0.717) is 18.8 Å². The van der Waals surface area contributed by atoms with Gasteiger partial charge in [0, 0.05) is 17.2 Å². The minimum absolute atomic E-state index is 0.161. The molecule has 0 aliphatic carbocycles. The van der Waals surface area contributed by atoms with Gasteiger partial charge in [-0.25, -0.2) is 0 Å². The van der Waals surface area contributed by atoms with Gasteiger partial charge in [-0.05, 0) is 35.6 Å². The first kappa shape index (κ1) is 17.8. The summed E-state index contributed by atoms with van der Waals surface area (Å²) in [7, 11) is 0. The number of thioether (sulfide) groups is 1. The van der Waals surface area contributed by atoms with Gasteiger partial charge in [0.25, 0.3) is 0 Å². The minimum atomic E-state index is 0.161. The molecule has 0 spiro atoms. The van der Waals surface area contributed by atoms with E-state index in [9.17, 15) is 4.79 Å². The average molecular weight is 372 g/mol. The smallest absolute Gasteiger partial charge is 0.232 e. The third-order valence-corrected chi connectivity index (χ3v) is 5.75. The van der Waals surface area contributed by atoms with Crippen LogP contribution >= 0.6 is 23.1 Å². The topological polar surface area (TPSA) is 33.5 Å². The van der Waals surface area contributed by atoms with E-state index in [0.717, 1.165) is 17.9 Å². The molecule has 5 heteroatoms. The van der Waals surface area contributed by atoms with Gasteiger partial charge in [0.1, 0.15) is 5.76 Å². The second-order valence-corrected chi connectivity index (χ2v) is 7.72. The second-order valence-electron chi connectivity index (χ2n) is 5.70. The number of rotatable bonds is 9. The molecule has 0 saturated carbocycles. The number of nitrogens with zero attached hydrogens (tertiary/aromatic N) is 1. The van der Waals surface area contributed by atoms with Crippen molar-refractivity contribution in [3.8, 4) is 0 Å². The SMILES string of the molecule is O=C(CSCc1ccccc1)N(CCc1cccs1)Cc1ccco1. The highest BCUT2D eigenvalue weighted by Gasteiger charge is 2.15. The van der Waals surface area contributed by atoms with Gasteiger partial charge in [0.2, 0.25) is 5.91 Å². The van der Waals surface area contributed by atoms with Crippen LogP contribution < -0.4 is 0 Å². The van der Waals surface area contributed by atoms with E-state index in [-0.39, 0.29) is 5.91 Å². The Bertz CT molecular complexity index is 739. The normalized spacial score (nSPS) is 10.7. The van der Waals surface area contributed by atoms with Crippen LogP contribution in [0.1, 0.15) is 16.2 Å². The molecule has 2 aromatic heterocycles. The fourth-order valence-corrected chi connectivity index (χ4v) is 4.09. The fourth-order valence-electron chi connectivity index (χ4n) is 2.50. The summed E-state index contributed by atoms with van der Waals surface area (Å²) in [6.07, 6.45) is 2.54. The lowest BCUT2D eigenvalue weighted by molar-refractivity contribution is -0.129. The van der Waals surface area contributed by atoms with Gasteiger partial charge >= 0.3 is 0 Å². The summed E-state index contributed by atoms with van der Waals surface area (Å²) in [5.41, 5.74) is 1.25. The lowest BCUT2D eigenvalue weighted by Gasteiger charge is -2.21. The fraction of sp³-hybridized carbons (Fsp3) is 0.250. The zero-order valence-electron chi connectivity index (χ0n) is 14.0. The largest absolute Gasteiger partial charge is 0.467 e. The highest BCUT2D eigenvalue weighted by molar-refractivity contribution is 7.99. The van der Waals surface area contributed by atoms with Crippen LogP contribution in [0.3, 0.4) is 0 Å². The standard InChI is InChI=1S/C20H21NO2S2/c22-20(16-24-15-17-6-2-1-3-7-17)21(14-18-8-4-12-23-18)11-10-19-9-5-13-25-19/h1-9,12-13H,10-11,14-16H2. The second kappa shape index (κ2) is 9.49. The zero-order valence-corrected chi connectivity index (χ0v) is 15.6. The molecule has 0 aliphatic rings. The predicted octanol–water partition coefficient (Wildman–Crippen LogP) is 4.85. The lowest BCUT2D eigenvalue weighted by atomic mass is 10.2. The van der Waals surface area contributed by atoms with Crippen molar-refractivity contribution in [3.63, 3.8) is 0 Å². The van der Waals surface area contributed by atoms with Crippen molar-refractivity contribution < 1.29 is 9.21 Å². The molecule has 1 amide bonds. The molecule has 0 aliphatic heterocycles. The summed E-state index contributed by atoms with van der Waals surface area (Å²) >= 11 is 3.39. The number of amides is 1. The average Bonchev–Trinajstić information content (AvgIpc) is 3.33. The molecule has 0 saturated heterocycles. The van der Waals surface area contributed by atoms with Crippen LogP contribution in [-0.4, -0.2) is 23.1 Å². The van der Waals surface area contributed by atoms with E-state index in [1.807, 2.05) is 35.2 Å². The molecule has 0 fully saturated rings. The quantitative estimate of drug-likeness (QED) is 0.539. The van der Waals surface area contributed by atoms with Crippen molar-refractivity contribution in [2.75, 3.05) is 12.3 Å². The summed E-state index contributed by atoms with van der Waals surface area (Å²) in [6, 6.07) is 18.2. The highest BCUT2D eigenvalue weighted by Crippen LogP contribution is 2.16. The van der Waals surface area contributed by atoms with Gasteiger partial charge in [-0.15, -0.1) is 23.1 Å². The molecule has 3 rings (SSSR count). The van der Waals surface area contributed by atoms with Crippen molar-refractivity contribution in [1.29, 1.82) is 0 Å². The molecule has 0 radical (unpaired) electrons. The van der Waals surface area contributed by atoms with Crippen LogP contribution in [0.15, 0.2) is 70.7 Å². The molecule has 0 unspecified atom stereocenters. The summed E-state index contributed by atoms with van der Waals surface area (Å²) in [6.45, 7) is 1.25. The molecule has 0 bridgehead atoms. The number of hydrogen-bond donors (Lipinski definition) is 0. The van der Waals surface area contributed by atoms with Crippen molar-refractivity contribution >= 4 is 29.0 Å². The Labute approximate surface area is 156 Å². The molecule has 2 heterocycles. The molecule has 0 N–H and O–H groups in total. The molecule has 3 aromatic rings. The first-order valence-corrected chi connectivity index (χ1v) is 10.3. The van der Waals surface area contributed by atoms with Crippen LogP contribution in [0.4, 0.5) is 0 Å². The maximum absolute atomic E-state index is 12.7. The number of benzene rings is 1. The van der Waals surface area contributed by atoms with Crippen molar-refractivity contribution in [3.05, 3.63) is 82.4 Å². The molecular weight excluding hydrogens is 350 g/mol. The van der Waals surface area contributed by atoms with Crippen molar-refractivity contribution in [1.82, 2.24) is 4.90 Å². The van der Waals surface area contributed by atoms with Gasteiger partial charge in [-0.3, -0.25) is 4.79 Å². The first-order chi connectivity index (χ1) is 12.3. The maximum Gasteiger partial charge on any atom is 0.232 e. The Morgan fingerprint density at radius 2 is 1.96 bits per heavy atom. The van der Waals surface area contributed by atoms with E-state index in [2.05, 4.69) is 29.6 Å². The molecular formula is C20H21NO2S2. The Hall–Kier alpha value is -1.98. The van der Waals surface area contributed by atoms with E-state index in [4.69, 9.17) is 4.42 Å². The maximum atomic E-state index is 12.7. The first-order valence-electron chi connectivity index (χ1n) is 8.25.